The largest absolute Gasteiger partial charge is 0.397 e. The molecule has 0 bridgehead atoms. The van der Waals surface area contributed by atoms with Crippen molar-refractivity contribution in [1.82, 2.24) is 10.2 Å². The Morgan fingerprint density at radius 2 is 1.95 bits per heavy atom. The number of likely N-dealkylation sites (N-methyl/N-ethyl adjacent to an activating group) is 2. The highest BCUT2D eigenvalue weighted by Crippen LogP contribution is 2.18. The first-order chi connectivity index (χ1) is 9.42. The van der Waals surface area contributed by atoms with Crippen LogP contribution in [-0.2, 0) is 9.59 Å². The molecule has 0 saturated carbocycles. The molecule has 2 amide bonds. The summed E-state index contributed by atoms with van der Waals surface area (Å²) in [5, 5.41) is 5.21. The van der Waals surface area contributed by atoms with Crippen molar-refractivity contribution in [3.8, 4) is 0 Å². The minimum Gasteiger partial charge on any atom is -0.397 e. The van der Waals surface area contributed by atoms with Crippen molar-refractivity contribution >= 4 is 23.2 Å². The van der Waals surface area contributed by atoms with Gasteiger partial charge < -0.3 is 16.4 Å². The zero-order chi connectivity index (χ0) is 15.1. The summed E-state index contributed by atoms with van der Waals surface area (Å²) in [6.07, 6.45) is 0. The van der Waals surface area contributed by atoms with Gasteiger partial charge in [-0.15, -0.1) is 0 Å². The third-order valence-corrected chi connectivity index (χ3v) is 2.49. The fourth-order valence-corrected chi connectivity index (χ4v) is 1.64. The Morgan fingerprint density at radius 1 is 1.30 bits per heavy atom. The Bertz CT molecular complexity index is 493. The number of carbonyl (C=O) groups excluding carboxylic acids is 2. The number of benzene rings is 1. The Balaban J connectivity index is 2.49. The van der Waals surface area contributed by atoms with Crippen LogP contribution in [0.1, 0.15) is 6.92 Å². The van der Waals surface area contributed by atoms with Gasteiger partial charge >= 0.3 is 0 Å². The predicted octanol–water partition coefficient (Wildman–Crippen LogP) is 0.414. The van der Waals surface area contributed by atoms with Gasteiger partial charge in [0.15, 0.2) is 0 Å². The molecular weight excluding hydrogens is 263 g/mol. The molecule has 0 aliphatic rings. The van der Waals surface area contributed by atoms with Crippen LogP contribution in [0, 0.1) is 5.82 Å². The van der Waals surface area contributed by atoms with Crippen LogP contribution in [0.5, 0.6) is 0 Å². The first-order valence-electron chi connectivity index (χ1n) is 6.22. The first-order valence-corrected chi connectivity index (χ1v) is 6.22. The Labute approximate surface area is 117 Å². The van der Waals surface area contributed by atoms with E-state index in [0.717, 1.165) is 6.07 Å². The average molecular weight is 282 g/mol. The SMILES string of the molecule is CCNC(=O)CN(C)CC(=O)Nc1ccc(F)cc1N. The lowest BCUT2D eigenvalue weighted by Gasteiger charge is -2.16. The summed E-state index contributed by atoms with van der Waals surface area (Å²) < 4.78 is 12.9. The minimum atomic E-state index is -0.464. The van der Waals surface area contributed by atoms with Crippen LogP contribution in [0.25, 0.3) is 0 Å². The third kappa shape index (κ3) is 5.23. The molecule has 0 aromatic heterocycles. The van der Waals surface area contributed by atoms with Gasteiger partial charge in [-0.3, -0.25) is 14.5 Å². The lowest BCUT2D eigenvalue weighted by Crippen LogP contribution is -2.38. The third-order valence-electron chi connectivity index (χ3n) is 2.49. The molecule has 1 rings (SSSR count). The van der Waals surface area contributed by atoms with Crippen LogP contribution in [-0.4, -0.2) is 43.4 Å². The number of nitrogens with one attached hydrogen (secondary N) is 2. The van der Waals surface area contributed by atoms with Crippen molar-refractivity contribution in [3.63, 3.8) is 0 Å². The molecule has 7 heteroatoms. The quantitative estimate of drug-likeness (QED) is 0.660. The van der Waals surface area contributed by atoms with Gasteiger partial charge in [0.25, 0.3) is 0 Å². The summed E-state index contributed by atoms with van der Waals surface area (Å²) in [6.45, 7) is 2.53. The Kier molecular flexibility index (Phi) is 5.92. The molecule has 0 unspecified atom stereocenters. The zero-order valence-electron chi connectivity index (χ0n) is 11.6. The highest BCUT2D eigenvalue weighted by Gasteiger charge is 2.11. The molecule has 4 N–H and O–H groups in total. The molecule has 0 aliphatic heterocycles. The molecule has 0 aliphatic carbocycles. The molecule has 1 aromatic carbocycles. The molecule has 0 heterocycles. The smallest absolute Gasteiger partial charge is 0.238 e. The van der Waals surface area contributed by atoms with Crippen LogP contribution in [0.3, 0.4) is 0 Å². The molecule has 0 fully saturated rings. The number of hydrogen-bond acceptors (Lipinski definition) is 4. The van der Waals surface area contributed by atoms with Crippen LogP contribution in [0.15, 0.2) is 18.2 Å². The van der Waals surface area contributed by atoms with E-state index >= 15 is 0 Å². The van der Waals surface area contributed by atoms with Crippen molar-refractivity contribution in [2.45, 2.75) is 6.92 Å². The van der Waals surface area contributed by atoms with Crippen LogP contribution >= 0.6 is 0 Å². The summed E-state index contributed by atoms with van der Waals surface area (Å²) in [7, 11) is 1.66. The van der Waals surface area contributed by atoms with E-state index < -0.39 is 5.82 Å². The van der Waals surface area contributed by atoms with Crippen molar-refractivity contribution in [2.24, 2.45) is 0 Å². The summed E-state index contributed by atoms with van der Waals surface area (Å²) >= 11 is 0. The summed E-state index contributed by atoms with van der Waals surface area (Å²) in [6, 6.07) is 3.74. The number of rotatable bonds is 6. The molecule has 0 radical (unpaired) electrons. The number of nitrogens with zero attached hydrogens (tertiary/aromatic N) is 1. The van der Waals surface area contributed by atoms with Crippen molar-refractivity contribution in [2.75, 3.05) is 37.7 Å². The van der Waals surface area contributed by atoms with Gasteiger partial charge in [0.05, 0.1) is 24.5 Å². The van der Waals surface area contributed by atoms with Crippen LogP contribution in [0.4, 0.5) is 15.8 Å². The van der Waals surface area contributed by atoms with Crippen molar-refractivity contribution in [3.05, 3.63) is 24.0 Å². The molecule has 110 valence electrons. The maximum absolute atomic E-state index is 12.9. The molecule has 0 atom stereocenters. The van der Waals surface area contributed by atoms with E-state index in [1.54, 1.807) is 11.9 Å². The standard InChI is InChI=1S/C13H19FN4O2/c1-3-16-12(19)7-18(2)8-13(20)17-11-5-4-9(14)6-10(11)15/h4-6H,3,7-8,15H2,1-2H3,(H,16,19)(H,17,20). The van der Waals surface area contributed by atoms with Crippen LogP contribution in [0.2, 0.25) is 0 Å². The topological polar surface area (TPSA) is 87.5 Å². The lowest BCUT2D eigenvalue weighted by molar-refractivity contribution is -0.122. The highest BCUT2D eigenvalue weighted by atomic mass is 19.1. The van der Waals surface area contributed by atoms with Crippen molar-refractivity contribution < 1.29 is 14.0 Å². The molecular formula is C13H19FN4O2. The zero-order valence-corrected chi connectivity index (χ0v) is 11.6. The number of hydrogen-bond donors (Lipinski definition) is 3. The maximum Gasteiger partial charge on any atom is 0.238 e. The van der Waals surface area contributed by atoms with Crippen LogP contribution < -0.4 is 16.4 Å². The molecule has 6 nitrogen and oxygen atoms in total. The number of carbonyl (C=O) groups is 2. The van der Waals surface area contributed by atoms with Gasteiger partial charge in [-0.1, -0.05) is 0 Å². The Hall–Kier alpha value is -2.15. The van der Waals surface area contributed by atoms with Gasteiger partial charge in [0, 0.05) is 6.54 Å². The van der Waals surface area contributed by atoms with E-state index in [9.17, 15) is 14.0 Å². The second-order valence-corrected chi connectivity index (χ2v) is 4.41. The Morgan fingerprint density at radius 3 is 2.55 bits per heavy atom. The van der Waals surface area contributed by atoms with Gasteiger partial charge in [-0.2, -0.15) is 0 Å². The number of nitrogen functional groups attached to an aromatic ring is 1. The first kappa shape index (κ1) is 15.9. The van der Waals surface area contributed by atoms with Gasteiger partial charge in [0.1, 0.15) is 5.82 Å². The normalized spacial score (nSPS) is 10.4. The number of anilines is 2. The second kappa shape index (κ2) is 7.44. The molecule has 1 aromatic rings. The van der Waals surface area contributed by atoms with Crippen molar-refractivity contribution in [1.29, 1.82) is 0 Å². The van der Waals surface area contributed by atoms with E-state index in [0.29, 0.717) is 12.2 Å². The van der Waals surface area contributed by atoms with E-state index in [1.165, 1.54) is 12.1 Å². The van der Waals surface area contributed by atoms with E-state index in [-0.39, 0.29) is 30.6 Å². The minimum absolute atomic E-state index is 0.0357. The molecule has 0 spiro atoms. The molecule has 20 heavy (non-hydrogen) atoms. The number of halogens is 1. The van der Waals surface area contributed by atoms with Gasteiger partial charge in [0.2, 0.25) is 11.8 Å². The number of nitrogens with two attached hydrogens (primary N) is 1. The lowest BCUT2D eigenvalue weighted by atomic mass is 10.2. The fourth-order valence-electron chi connectivity index (χ4n) is 1.64. The molecule has 0 saturated heterocycles. The maximum atomic E-state index is 12.9. The highest BCUT2D eigenvalue weighted by molar-refractivity contribution is 5.95. The summed E-state index contributed by atoms with van der Waals surface area (Å²) in [5.41, 5.74) is 6.10. The fraction of sp³-hybridized carbons (Fsp3) is 0.385. The number of amides is 2. The second-order valence-electron chi connectivity index (χ2n) is 4.41. The van der Waals surface area contributed by atoms with Gasteiger partial charge in [-0.25, -0.2) is 4.39 Å². The summed E-state index contributed by atoms with van der Waals surface area (Å²) in [5.74, 6) is -0.937. The summed E-state index contributed by atoms with van der Waals surface area (Å²) in [4.78, 5) is 24.7. The van der Waals surface area contributed by atoms with E-state index in [1.807, 2.05) is 6.92 Å². The van der Waals surface area contributed by atoms with Gasteiger partial charge in [-0.05, 0) is 32.2 Å². The monoisotopic (exact) mass is 282 g/mol. The predicted molar refractivity (Wildman–Crippen MR) is 75.6 cm³/mol. The van der Waals surface area contributed by atoms with E-state index in [2.05, 4.69) is 10.6 Å². The average Bonchev–Trinajstić information content (AvgIpc) is 2.32. The van der Waals surface area contributed by atoms with E-state index in [4.69, 9.17) is 5.73 Å².